The predicted octanol–water partition coefficient (Wildman–Crippen LogP) is 2.71. The Hall–Kier alpha value is -3.06. The number of aromatic amines is 1. The Balaban J connectivity index is 1.88. The highest BCUT2D eigenvalue weighted by molar-refractivity contribution is 6.30. The fourth-order valence-corrected chi connectivity index (χ4v) is 2.51. The van der Waals surface area contributed by atoms with Crippen LogP contribution in [0.3, 0.4) is 0 Å². The maximum Gasteiger partial charge on any atom is 0.364 e. The van der Waals surface area contributed by atoms with Crippen molar-refractivity contribution in [3.05, 3.63) is 74.9 Å². The zero-order chi connectivity index (χ0) is 18.5. The molecule has 8 heteroatoms. The first kappa shape index (κ1) is 17.8. The van der Waals surface area contributed by atoms with Crippen molar-refractivity contribution < 1.29 is 9.47 Å². The van der Waals surface area contributed by atoms with Crippen molar-refractivity contribution in [2.24, 2.45) is 5.10 Å². The lowest BCUT2D eigenvalue weighted by Gasteiger charge is -2.07. The molecule has 0 amide bonds. The summed E-state index contributed by atoms with van der Waals surface area (Å²) in [6, 6.07) is 12.7. The van der Waals surface area contributed by atoms with Crippen LogP contribution in [0.1, 0.15) is 17.0 Å². The van der Waals surface area contributed by atoms with E-state index in [-0.39, 0.29) is 0 Å². The van der Waals surface area contributed by atoms with Crippen LogP contribution >= 0.6 is 11.6 Å². The second kappa shape index (κ2) is 7.88. The van der Waals surface area contributed by atoms with Crippen LogP contribution in [0.4, 0.5) is 0 Å². The van der Waals surface area contributed by atoms with Crippen LogP contribution < -0.4 is 15.2 Å². The summed E-state index contributed by atoms with van der Waals surface area (Å²) < 4.78 is 11.7. The lowest BCUT2D eigenvalue weighted by atomic mass is 10.1. The second-order valence-corrected chi connectivity index (χ2v) is 5.85. The van der Waals surface area contributed by atoms with Crippen molar-refractivity contribution >= 4 is 17.8 Å². The van der Waals surface area contributed by atoms with Gasteiger partial charge in [0.15, 0.2) is 5.82 Å². The number of ether oxygens (including phenoxy) is 2. The summed E-state index contributed by atoms with van der Waals surface area (Å²) in [7, 11) is 3.14. The quantitative estimate of drug-likeness (QED) is 0.674. The van der Waals surface area contributed by atoms with Crippen molar-refractivity contribution in [2.75, 3.05) is 14.2 Å². The molecule has 0 aliphatic heterocycles. The number of hydrogen-bond acceptors (Lipinski definition) is 5. The zero-order valence-corrected chi connectivity index (χ0v) is 15.0. The van der Waals surface area contributed by atoms with Crippen molar-refractivity contribution in [2.45, 2.75) is 6.42 Å². The molecular formula is C18H17ClN4O3. The smallest absolute Gasteiger partial charge is 0.364 e. The number of benzene rings is 2. The van der Waals surface area contributed by atoms with E-state index in [1.807, 2.05) is 12.1 Å². The van der Waals surface area contributed by atoms with Gasteiger partial charge in [-0.25, -0.2) is 9.89 Å². The number of H-pyrrole nitrogens is 1. The van der Waals surface area contributed by atoms with Crippen LogP contribution in [0.25, 0.3) is 0 Å². The van der Waals surface area contributed by atoms with E-state index in [0.717, 1.165) is 5.56 Å². The SMILES string of the molecule is COc1ccc(C=Nn2c(Cc3ccc(Cl)cc3)n[nH]c2=O)c(OC)c1. The van der Waals surface area contributed by atoms with Crippen LogP contribution in [0, 0.1) is 0 Å². The van der Waals surface area contributed by atoms with E-state index in [1.54, 1.807) is 50.8 Å². The van der Waals surface area contributed by atoms with Crippen LogP contribution in [-0.2, 0) is 6.42 Å². The third kappa shape index (κ3) is 3.94. The Kier molecular flexibility index (Phi) is 5.38. The largest absolute Gasteiger partial charge is 0.497 e. The van der Waals surface area contributed by atoms with E-state index in [4.69, 9.17) is 21.1 Å². The number of nitrogens with one attached hydrogen (secondary N) is 1. The van der Waals surface area contributed by atoms with E-state index < -0.39 is 5.69 Å². The summed E-state index contributed by atoms with van der Waals surface area (Å²) in [5.74, 6) is 1.74. The minimum atomic E-state index is -0.419. The Bertz CT molecular complexity index is 977. The van der Waals surface area contributed by atoms with E-state index >= 15 is 0 Å². The third-order valence-corrected chi connectivity index (χ3v) is 4.00. The summed E-state index contributed by atoms with van der Waals surface area (Å²) in [6.07, 6.45) is 1.98. The Morgan fingerprint density at radius 3 is 2.65 bits per heavy atom. The van der Waals surface area contributed by atoms with Gasteiger partial charge < -0.3 is 9.47 Å². The van der Waals surface area contributed by atoms with Crippen LogP contribution in [0.5, 0.6) is 11.5 Å². The average molecular weight is 373 g/mol. The molecule has 0 saturated carbocycles. The number of nitrogens with zero attached hydrogens (tertiary/aromatic N) is 3. The van der Waals surface area contributed by atoms with Gasteiger partial charge >= 0.3 is 5.69 Å². The molecule has 0 aliphatic carbocycles. The van der Waals surface area contributed by atoms with Crippen molar-refractivity contribution in [3.8, 4) is 11.5 Å². The molecule has 134 valence electrons. The lowest BCUT2D eigenvalue weighted by molar-refractivity contribution is 0.394. The zero-order valence-electron chi connectivity index (χ0n) is 14.3. The van der Waals surface area contributed by atoms with Crippen LogP contribution in [-0.4, -0.2) is 35.3 Å². The molecule has 1 N–H and O–H groups in total. The van der Waals surface area contributed by atoms with Gasteiger partial charge in [-0.1, -0.05) is 23.7 Å². The molecule has 2 aromatic carbocycles. The monoisotopic (exact) mass is 372 g/mol. The van der Waals surface area contributed by atoms with E-state index in [9.17, 15) is 4.79 Å². The highest BCUT2D eigenvalue weighted by atomic mass is 35.5. The molecule has 0 atom stereocenters. The van der Waals surface area contributed by atoms with Crippen LogP contribution in [0.2, 0.25) is 5.02 Å². The predicted molar refractivity (Wildman–Crippen MR) is 99.6 cm³/mol. The maximum absolute atomic E-state index is 12.0. The standard InChI is InChI=1S/C18H17ClN4O3/c1-25-15-8-5-13(16(10-15)26-2)11-20-23-17(21-22-18(23)24)9-12-3-6-14(19)7-4-12/h3-8,10-11H,9H2,1-2H3,(H,22,24). The summed E-state index contributed by atoms with van der Waals surface area (Å²) in [5, 5.41) is 11.4. The molecule has 7 nitrogen and oxygen atoms in total. The molecule has 3 rings (SSSR count). The van der Waals surface area contributed by atoms with Gasteiger partial charge in [-0.2, -0.15) is 14.9 Å². The van der Waals surface area contributed by atoms with E-state index in [0.29, 0.717) is 34.3 Å². The molecule has 1 heterocycles. The minimum Gasteiger partial charge on any atom is -0.497 e. The van der Waals surface area contributed by atoms with E-state index in [1.165, 1.54) is 4.68 Å². The van der Waals surface area contributed by atoms with Gasteiger partial charge in [0.05, 0.1) is 20.4 Å². The average Bonchev–Trinajstić information content (AvgIpc) is 3.01. The van der Waals surface area contributed by atoms with Crippen molar-refractivity contribution in [1.29, 1.82) is 0 Å². The molecule has 0 unspecified atom stereocenters. The molecule has 3 aromatic rings. The third-order valence-electron chi connectivity index (χ3n) is 3.75. The Morgan fingerprint density at radius 2 is 1.96 bits per heavy atom. The minimum absolute atomic E-state index is 0.419. The number of hydrogen-bond donors (Lipinski definition) is 1. The fourth-order valence-electron chi connectivity index (χ4n) is 2.39. The lowest BCUT2D eigenvalue weighted by Crippen LogP contribution is -2.15. The topological polar surface area (TPSA) is 81.5 Å². The number of aromatic nitrogens is 3. The van der Waals surface area contributed by atoms with Crippen molar-refractivity contribution in [3.63, 3.8) is 0 Å². The van der Waals surface area contributed by atoms with Crippen molar-refractivity contribution in [1.82, 2.24) is 14.9 Å². The Labute approximate surface area is 154 Å². The maximum atomic E-state index is 12.0. The van der Waals surface area contributed by atoms with Gasteiger partial charge in [-0.3, -0.25) is 0 Å². The summed E-state index contributed by atoms with van der Waals surface area (Å²) in [6.45, 7) is 0. The molecule has 0 aliphatic rings. The first-order chi connectivity index (χ1) is 12.6. The summed E-state index contributed by atoms with van der Waals surface area (Å²) >= 11 is 5.90. The normalized spacial score (nSPS) is 11.0. The number of halogens is 1. The fraction of sp³-hybridized carbons (Fsp3) is 0.167. The van der Waals surface area contributed by atoms with Gasteiger partial charge in [-0.05, 0) is 29.8 Å². The Morgan fingerprint density at radius 1 is 1.19 bits per heavy atom. The summed E-state index contributed by atoms with van der Waals surface area (Å²) in [4.78, 5) is 12.0. The second-order valence-electron chi connectivity index (χ2n) is 5.41. The summed E-state index contributed by atoms with van der Waals surface area (Å²) in [5.41, 5.74) is 1.25. The van der Waals surface area contributed by atoms with E-state index in [2.05, 4.69) is 15.3 Å². The number of methoxy groups -OCH3 is 2. The van der Waals surface area contributed by atoms with Gasteiger partial charge in [-0.15, -0.1) is 0 Å². The molecule has 0 bridgehead atoms. The first-order valence-electron chi connectivity index (χ1n) is 7.78. The van der Waals surface area contributed by atoms with Crippen LogP contribution in [0.15, 0.2) is 52.4 Å². The number of rotatable bonds is 6. The highest BCUT2D eigenvalue weighted by Crippen LogP contribution is 2.23. The molecule has 1 aromatic heterocycles. The molecule has 0 saturated heterocycles. The molecular weight excluding hydrogens is 356 g/mol. The van der Waals surface area contributed by atoms with Gasteiger partial charge in [0, 0.05) is 23.1 Å². The van der Waals surface area contributed by atoms with Gasteiger partial charge in [0.1, 0.15) is 11.5 Å². The van der Waals surface area contributed by atoms with Gasteiger partial charge in [0.25, 0.3) is 0 Å². The molecule has 0 spiro atoms. The first-order valence-corrected chi connectivity index (χ1v) is 8.15. The molecule has 26 heavy (non-hydrogen) atoms. The molecule has 0 radical (unpaired) electrons. The molecule has 0 fully saturated rings. The highest BCUT2D eigenvalue weighted by Gasteiger charge is 2.09. The van der Waals surface area contributed by atoms with Gasteiger partial charge in [0.2, 0.25) is 0 Å².